The summed E-state index contributed by atoms with van der Waals surface area (Å²) in [6.07, 6.45) is 0. The number of phenols is 1. The molecule has 0 saturated heterocycles. The summed E-state index contributed by atoms with van der Waals surface area (Å²) in [5.41, 5.74) is 8.66. The maximum absolute atomic E-state index is 9.63. The molecule has 0 amide bonds. The van der Waals surface area contributed by atoms with Gasteiger partial charge in [0.2, 0.25) is 0 Å². The van der Waals surface area contributed by atoms with E-state index in [1.165, 1.54) is 0 Å². The summed E-state index contributed by atoms with van der Waals surface area (Å²) in [6.45, 7) is 0. The number of anilines is 1. The van der Waals surface area contributed by atoms with Crippen LogP contribution in [0.3, 0.4) is 0 Å². The molecule has 0 saturated carbocycles. The third-order valence-corrected chi connectivity index (χ3v) is 4.33. The lowest BCUT2D eigenvalue weighted by molar-refractivity contribution is 0.475. The minimum absolute atomic E-state index is 0.118. The molecule has 1 aliphatic rings. The average molecular weight is 332 g/mol. The quantitative estimate of drug-likeness (QED) is 0.738. The number of halogens is 2. The lowest BCUT2D eigenvalue weighted by Crippen LogP contribution is -2.23. The number of phenolic OH excluding ortho intramolecular Hbond substituents is 1. The summed E-state index contributed by atoms with van der Waals surface area (Å²) in [6, 6.07) is 12.3. The van der Waals surface area contributed by atoms with E-state index >= 15 is 0 Å². The van der Waals surface area contributed by atoms with E-state index in [2.05, 4.69) is 11.4 Å². The van der Waals surface area contributed by atoms with Crippen LogP contribution in [-0.2, 0) is 0 Å². The van der Waals surface area contributed by atoms with E-state index in [1.54, 1.807) is 30.3 Å². The lowest BCUT2D eigenvalue weighted by atomic mass is 9.82. The van der Waals surface area contributed by atoms with Gasteiger partial charge in [0.1, 0.15) is 11.6 Å². The number of hydrogen-bond acceptors (Lipinski definition) is 4. The van der Waals surface area contributed by atoms with E-state index < -0.39 is 0 Å². The Balaban J connectivity index is 2.23. The van der Waals surface area contributed by atoms with E-state index in [9.17, 15) is 10.4 Å². The maximum atomic E-state index is 9.63. The van der Waals surface area contributed by atoms with Gasteiger partial charge in [0.25, 0.3) is 0 Å². The Hall–Kier alpha value is -2.35. The smallest absolute Gasteiger partial charge is 0.117 e. The zero-order valence-electron chi connectivity index (χ0n) is 11.3. The molecule has 0 aliphatic carbocycles. The van der Waals surface area contributed by atoms with Crippen molar-refractivity contribution >= 4 is 28.9 Å². The SMILES string of the molecule is N#CC1=C(N)Nc2cc(O)ccc2[C@H]1c1ccc(Cl)c(Cl)c1. The summed E-state index contributed by atoms with van der Waals surface area (Å²) < 4.78 is 0. The number of nitrogens with zero attached hydrogens (tertiary/aromatic N) is 1. The van der Waals surface area contributed by atoms with Crippen molar-refractivity contribution in [3.63, 3.8) is 0 Å². The molecule has 22 heavy (non-hydrogen) atoms. The van der Waals surface area contributed by atoms with Crippen molar-refractivity contribution in [3.05, 3.63) is 69.0 Å². The van der Waals surface area contributed by atoms with Crippen LogP contribution in [0.25, 0.3) is 0 Å². The number of nitrogens with two attached hydrogens (primary N) is 1. The molecule has 4 nitrogen and oxygen atoms in total. The number of rotatable bonds is 1. The number of fused-ring (bicyclic) bond motifs is 1. The minimum Gasteiger partial charge on any atom is -0.508 e. The molecule has 4 N–H and O–H groups in total. The molecule has 0 unspecified atom stereocenters. The first-order valence-corrected chi connectivity index (χ1v) is 7.21. The van der Waals surface area contributed by atoms with Gasteiger partial charge < -0.3 is 16.2 Å². The van der Waals surface area contributed by atoms with E-state index in [0.29, 0.717) is 21.3 Å². The highest BCUT2D eigenvalue weighted by Gasteiger charge is 2.29. The van der Waals surface area contributed by atoms with Crippen LogP contribution in [0, 0.1) is 11.3 Å². The molecule has 3 rings (SSSR count). The van der Waals surface area contributed by atoms with E-state index in [4.69, 9.17) is 28.9 Å². The first-order chi connectivity index (χ1) is 10.5. The first kappa shape index (κ1) is 14.6. The fourth-order valence-corrected chi connectivity index (χ4v) is 2.90. The molecule has 1 heterocycles. The molecule has 2 aromatic carbocycles. The number of nitrogens with one attached hydrogen (secondary N) is 1. The molecule has 0 spiro atoms. The summed E-state index contributed by atoms with van der Waals surface area (Å²) in [5, 5.41) is 22.9. The Bertz CT molecular complexity index is 840. The van der Waals surface area contributed by atoms with Gasteiger partial charge in [-0.15, -0.1) is 0 Å². The third-order valence-electron chi connectivity index (χ3n) is 3.59. The second kappa shape index (κ2) is 5.45. The van der Waals surface area contributed by atoms with Crippen LogP contribution in [-0.4, -0.2) is 5.11 Å². The molecular formula is C16H11Cl2N3O. The molecule has 0 aromatic heterocycles. The Morgan fingerprint density at radius 3 is 2.59 bits per heavy atom. The van der Waals surface area contributed by atoms with E-state index in [0.717, 1.165) is 11.1 Å². The highest BCUT2D eigenvalue weighted by atomic mass is 35.5. The van der Waals surface area contributed by atoms with Crippen LogP contribution in [0.5, 0.6) is 5.75 Å². The van der Waals surface area contributed by atoms with Gasteiger partial charge in [-0.25, -0.2) is 0 Å². The predicted molar refractivity (Wildman–Crippen MR) is 86.9 cm³/mol. The summed E-state index contributed by atoms with van der Waals surface area (Å²) in [7, 11) is 0. The van der Waals surface area contributed by atoms with Gasteiger partial charge in [-0.05, 0) is 29.3 Å². The van der Waals surface area contributed by atoms with Crippen molar-refractivity contribution < 1.29 is 5.11 Å². The van der Waals surface area contributed by atoms with Crippen molar-refractivity contribution in [1.29, 1.82) is 5.26 Å². The van der Waals surface area contributed by atoms with Crippen LogP contribution < -0.4 is 11.1 Å². The second-order valence-electron chi connectivity index (χ2n) is 4.94. The van der Waals surface area contributed by atoms with Crippen molar-refractivity contribution in [3.8, 4) is 11.8 Å². The van der Waals surface area contributed by atoms with Crippen LogP contribution in [0.4, 0.5) is 5.69 Å². The van der Waals surface area contributed by atoms with E-state index in [-0.39, 0.29) is 17.5 Å². The van der Waals surface area contributed by atoms with Crippen LogP contribution in [0.15, 0.2) is 47.8 Å². The van der Waals surface area contributed by atoms with Crippen LogP contribution in [0.2, 0.25) is 10.0 Å². The summed E-state index contributed by atoms with van der Waals surface area (Å²) >= 11 is 12.1. The number of aromatic hydroxyl groups is 1. The van der Waals surface area contributed by atoms with Crippen molar-refractivity contribution in [2.24, 2.45) is 5.73 Å². The van der Waals surface area contributed by atoms with Crippen molar-refractivity contribution in [2.45, 2.75) is 5.92 Å². The Labute approximate surface area is 137 Å². The standard InChI is InChI=1S/C16H11Cl2N3O/c17-12-4-1-8(5-13(12)18)15-10-3-2-9(22)6-14(10)21-16(20)11(15)7-19/h1-6,15,21-22H,20H2/t15-/m1/s1. The summed E-state index contributed by atoms with van der Waals surface area (Å²) in [4.78, 5) is 0. The highest BCUT2D eigenvalue weighted by molar-refractivity contribution is 6.42. The molecule has 1 aliphatic heterocycles. The molecule has 0 bridgehead atoms. The predicted octanol–water partition coefficient (Wildman–Crippen LogP) is 3.95. The van der Waals surface area contributed by atoms with Crippen LogP contribution in [0.1, 0.15) is 17.0 Å². The Morgan fingerprint density at radius 1 is 1.14 bits per heavy atom. The van der Waals surface area contributed by atoms with Crippen molar-refractivity contribution in [1.82, 2.24) is 0 Å². The fraction of sp³-hybridized carbons (Fsp3) is 0.0625. The van der Waals surface area contributed by atoms with Gasteiger partial charge >= 0.3 is 0 Å². The molecule has 0 fully saturated rings. The normalized spacial score (nSPS) is 16.7. The molecule has 2 aromatic rings. The van der Waals surface area contributed by atoms with E-state index in [1.807, 2.05) is 6.07 Å². The Morgan fingerprint density at radius 2 is 1.91 bits per heavy atom. The van der Waals surface area contributed by atoms with Gasteiger partial charge in [-0.2, -0.15) is 5.26 Å². The summed E-state index contributed by atoms with van der Waals surface area (Å²) in [5.74, 6) is 0.0145. The minimum atomic E-state index is -0.364. The van der Waals surface area contributed by atoms with Gasteiger partial charge in [0.05, 0.1) is 21.7 Å². The fourth-order valence-electron chi connectivity index (χ4n) is 2.59. The number of hydrogen-bond donors (Lipinski definition) is 3. The highest BCUT2D eigenvalue weighted by Crippen LogP contribution is 2.42. The molecule has 0 radical (unpaired) electrons. The van der Waals surface area contributed by atoms with Crippen molar-refractivity contribution in [2.75, 3.05) is 5.32 Å². The van der Waals surface area contributed by atoms with Gasteiger partial charge in [0, 0.05) is 17.7 Å². The third kappa shape index (κ3) is 2.35. The lowest BCUT2D eigenvalue weighted by Gasteiger charge is -2.27. The Kier molecular flexibility index (Phi) is 3.61. The first-order valence-electron chi connectivity index (χ1n) is 6.46. The largest absolute Gasteiger partial charge is 0.508 e. The number of nitriles is 1. The molecule has 110 valence electrons. The zero-order valence-corrected chi connectivity index (χ0v) is 12.8. The monoisotopic (exact) mass is 331 g/mol. The maximum Gasteiger partial charge on any atom is 0.117 e. The number of benzene rings is 2. The zero-order chi connectivity index (χ0) is 15.9. The molecule has 6 heteroatoms. The van der Waals surface area contributed by atoms with Gasteiger partial charge in [-0.1, -0.05) is 35.3 Å². The van der Waals surface area contributed by atoms with Gasteiger partial charge in [0.15, 0.2) is 0 Å². The van der Waals surface area contributed by atoms with Gasteiger partial charge in [-0.3, -0.25) is 0 Å². The molecular weight excluding hydrogens is 321 g/mol. The molecule has 1 atom stereocenters. The number of allylic oxidation sites excluding steroid dienone is 1. The second-order valence-corrected chi connectivity index (χ2v) is 5.76. The average Bonchev–Trinajstić information content (AvgIpc) is 2.48. The topological polar surface area (TPSA) is 82.1 Å². The van der Waals surface area contributed by atoms with Crippen LogP contribution >= 0.6 is 23.2 Å².